The Morgan fingerprint density at radius 1 is 0.974 bits per heavy atom. The summed E-state index contributed by atoms with van der Waals surface area (Å²) >= 11 is 0. The number of nitrogens with one attached hydrogen (secondary N) is 2. The summed E-state index contributed by atoms with van der Waals surface area (Å²) in [6.07, 6.45) is -2.37. The molecule has 0 saturated heterocycles. The number of rotatable bonds is 6. The van der Waals surface area contributed by atoms with Crippen molar-refractivity contribution in [1.82, 2.24) is 15.3 Å². The lowest BCUT2D eigenvalue weighted by molar-refractivity contribution is -0.171. The number of aromatic nitrogens is 2. The van der Waals surface area contributed by atoms with Crippen molar-refractivity contribution in [2.45, 2.75) is 32.0 Å². The summed E-state index contributed by atoms with van der Waals surface area (Å²) in [5.74, 6) is -6.26. The van der Waals surface area contributed by atoms with E-state index in [2.05, 4.69) is 20.3 Å². The van der Waals surface area contributed by atoms with Crippen LogP contribution in [0.3, 0.4) is 0 Å². The molecule has 198 valence electrons. The van der Waals surface area contributed by atoms with E-state index in [-0.39, 0.29) is 35.9 Å². The average Bonchev–Trinajstić information content (AvgIpc) is 3.25. The minimum absolute atomic E-state index is 0.0399. The van der Waals surface area contributed by atoms with Gasteiger partial charge < -0.3 is 15.4 Å². The summed E-state index contributed by atoms with van der Waals surface area (Å²) in [5.41, 5.74) is 2.17. The molecule has 2 N–H and O–H groups in total. The molecule has 13 heteroatoms. The number of hydrogen-bond donors (Lipinski definition) is 2. The molecular formula is C25H20F5N5O3. The fraction of sp³-hybridized carbons (Fsp3) is 0.240. The van der Waals surface area contributed by atoms with E-state index < -0.39 is 29.5 Å². The highest BCUT2D eigenvalue weighted by Gasteiger charge is 2.40. The van der Waals surface area contributed by atoms with Crippen LogP contribution in [0.2, 0.25) is 0 Å². The van der Waals surface area contributed by atoms with E-state index >= 15 is 0 Å². The topological polar surface area (TPSA) is 106 Å². The molecule has 1 aromatic carbocycles. The maximum Gasteiger partial charge on any atom is 0.471 e. The molecule has 0 saturated carbocycles. The third kappa shape index (κ3) is 5.93. The minimum atomic E-state index is -5.05. The third-order valence-electron chi connectivity index (χ3n) is 5.55. The first-order chi connectivity index (χ1) is 17.8. The van der Waals surface area contributed by atoms with E-state index in [1.54, 1.807) is 35.6 Å². The number of amides is 2. The lowest BCUT2D eigenvalue weighted by Gasteiger charge is -2.15. The van der Waals surface area contributed by atoms with Gasteiger partial charge in [-0.05, 0) is 23.3 Å². The molecule has 2 aromatic heterocycles. The summed E-state index contributed by atoms with van der Waals surface area (Å²) in [6.45, 7) is 0.737. The smallest absolute Gasteiger partial charge is 0.471 e. The van der Waals surface area contributed by atoms with E-state index in [0.29, 0.717) is 29.3 Å². The number of amidine groups is 1. The number of alkyl halides is 5. The van der Waals surface area contributed by atoms with Crippen LogP contribution in [0.15, 0.2) is 53.8 Å². The number of fused-ring (bicyclic) bond motifs is 1. The second-order valence-corrected chi connectivity index (χ2v) is 8.43. The van der Waals surface area contributed by atoms with Gasteiger partial charge in [0.1, 0.15) is 5.84 Å². The van der Waals surface area contributed by atoms with E-state index in [1.165, 1.54) is 19.5 Å². The van der Waals surface area contributed by atoms with Crippen LogP contribution in [0.5, 0.6) is 5.88 Å². The zero-order valence-electron chi connectivity index (χ0n) is 20.0. The van der Waals surface area contributed by atoms with Gasteiger partial charge in [-0.2, -0.15) is 13.2 Å². The normalized spacial score (nSPS) is 13.0. The average molecular weight is 533 g/mol. The van der Waals surface area contributed by atoms with Crippen molar-refractivity contribution in [2.24, 2.45) is 4.99 Å². The largest absolute Gasteiger partial charge is 0.481 e. The fourth-order valence-electron chi connectivity index (χ4n) is 3.71. The first-order valence-electron chi connectivity index (χ1n) is 11.1. The Morgan fingerprint density at radius 2 is 1.68 bits per heavy atom. The van der Waals surface area contributed by atoms with Crippen molar-refractivity contribution >= 4 is 23.3 Å². The molecule has 0 unspecified atom stereocenters. The van der Waals surface area contributed by atoms with Crippen molar-refractivity contribution in [3.63, 3.8) is 0 Å². The molecule has 3 heterocycles. The molecule has 0 aliphatic carbocycles. The number of benzene rings is 1. The Bertz CT molecular complexity index is 1420. The van der Waals surface area contributed by atoms with Crippen molar-refractivity contribution in [3.05, 3.63) is 71.2 Å². The first-order valence-corrected chi connectivity index (χ1v) is 11.1. The number of aliphatic imine (C=N–C) groups is 1. The van der Waals surface area contributed by atoms with Crippen LogP contribution >= 0.6 is 0 Å². The Labute approximate surface area is 213 Å². The summed E-state index contributed by atoms with van der Waals surface area (Å²) in [6, 6.07) is 9.39. The highest BCUT2D eigenvalue weighted by molar-refractivity contribution is 6.11. The molecule has 2 amide bonds. The second-order valence-electron chi connectivity index (χ2n) is 8.43. The molecule has 1 aliphatic heterocycles. The van der Waals surface area contributed by atoms with Crippen LogP contribution in [-0.2, 0) is 28.5 Å². The molecule has 0 spiro atoms. The predicted octanol–water partition coefficient (Wildman–Crippen LogP) is 4.38. The number of ether oxygens (including phenoxy) is 1. The van der Waals surface area contributed by atoms with Crippen molar-refractivity contribution in [3.8, 4) is 17.0 Å². The van der Waals surface area contributed by atoms with Gasteiger partial charge in [0.15, 0.2) is 0 Å². The number of pyridine rings is 2. The van der Waals surface area contributed by atoms with Crippen molar-refractivity contribution < 1.29 is 36.3 Å². The Morgan fingerprint density at radius 3 is 2.32 bits per heavy atom. The molecule has 0 radical (unpaired) electrons. The van der Waals surface area contributed by atoms with Crippen LogP contribution < -0.4 is 15.4 Å². The molecular weight excluding hydrogens is 513 g/mol. The SMILES string of the molecule is COc1ncc(NC(=O)Cc2ccc(-c3cnc4c(c3)C(NC(=O)C(F)(F)F)=NC4)cc2)cc1C(C)(F)F. The number of methoxy groups -OCH3 is 1. The van der Waals surface area contributed by atoms with E-state index in [0.717, 1.165) is 6.07 Å². The minimum Gasteiger partial charge on any atom is -0.481 e. The number of nitrogens with zero attached hydrogens (tertiary/aromatic N) is 3. The van der Waals surface area contributed by atoms with Crippen molar-refractivity contribution in [1.29, 1.82) is 0 Å². The number of anilines is 1. The highest BCUT2D eigenvalue weighted by Crippen LogP contribution is 2.34. The zero-order valence-corrected chi connectivity index (χ0v) is 20.0. The van der Waals surface area contributed by atoms with E-state index in [9.17, 15) is 31.5 Å². The first kappa shape index (κ1) is 26.6. The van der Waals surface area contributed by atoms with Crippen LogP contribution in [0, 0.1) is 0 Å². The lowest BCUT2D eigenvalue weighted by Crippen LogP contribution is -2.40. The molecule has 0 fully saturated rings. The van der Waals surface area contributed by atoms with E-state index in [1.807, 2.05) is 0 Å². The maximum absolute atomic E-state index is 13.8. The number of hydrogen-bond acceptors (Lipinski definition) is 6. The maximum atomic E-state index is 13.8. The second kappa shape index (κ2) is 10.1. The van der Waals surface area contributed by atoms with Gasteiger partial charge >= 0.3 is 12.1 Å². The summed E-state index contributed by atoms with van der Waals surface area (Å²) in [4.78, 5) is 35.8. The molecule has 3 aromatic rings. The number of halogens is 5. The van der Waals surface area contributed by atoms with Gasteiger partial charge in [0, 0.05) is 24.2 Å². The van der Waals surface area contributed by atoms with Gasteiger partial charge in [-0.15, -0.1) is 0 Å². The molecule has 0 bridgehead atoms. The van der Waals surface area contributed by atoms with Crippen LogP contribution in [0.1, 0.15) is 29.3 Å². The standard InChI is InChI=1S/C25H20F5N5O3/c1-24(26,27)18-9-16(11-33-22(18)38-2)34-20(36)7-13-3-5-14(6-4-13)15-8-17-19(31-10-15)12-32-21(17)35-23(37)25(28,29)30/h3-6,8-11H,7,12H2,1-2H3,(H,34,36)(H,32,35,37). The van der Waals surface area contributed by atoms with Crippen LogP contribution in [-0.4, -0.2) is 40.9 Å². The Hall–Kier alpha value is -4.42. The quantitative estimate of drug-likeness (QED) is 0.458. The monoisotopic (exact) mass is 533 g/mol. The van der Waals surface area contributed by atoms with Crippen molar-refractivity contribution in [2.75, 3.05) is 12.4 Å². The fourth-order valence-corrected chi connectivity index (χ4v) is 3.71. The molecule has 4 rings (SSSR count). The van der Waals surface area contributed by atoms with E-state index in [4.69, 9.17) is 4.74 Å². The van der Waals surface area contributed by atoms with Crippen LogP contribution in [0.25, 0.3) is 11.1 Å². The number of carbonyl (C=O) groups excluding carboxylic acids is 2. The Kier molecular flexibility index (Phi) is 7.11. The molecule has 8 nitrogen and oxygen atoms in total. The molecule has 0 atom stereocenters. The highest BCUT2D eigenvalue weighted by atomic mass is 19.4. The summed E-state index contributed by atoms with van der Waals surface area (Å²) in [5, 5.41) is 4.30. The van der Waals surface area contributed by atoms with Gasteiger partial charge in [0.25, 0.3) is 5.92 Å². The van der Waals surface area contributed by atoms with Gasteiger partial charge in [-0.1, -0.05) is 24.3 Å². The summed E-state index contributed by atoms with van der Waals surface area (Å²) < 4.78 is 70.4. The molecule has 38 heavy (non-hydrogen) atoms. The molecule has 1 aliphatic rings. The van der Waals surface area contributed by atoms with Gasteiger partial charge in [-0.3, -0.25) is 19.6 Å². The summed E-state index contributed by atoms with van der Waals surface area (Å²) in [7, 11) is 1.22. The van der Waals surface area contributed by atoms with Gasteiger partial charge in [0.2, 0.25) is 11.8 Å². The zero-order chi connectivity index (χ0) is 27.7. The predicted molar refractivity (Wildman–Crippen MR) is 127 cm³/mol. The number of carbonyl (C=O) groups is 2. The van der Waals surface area contributed by atoms with Gasteiger partial charge in [0.05, 0.1) is 43.2 Å². The lowest BCUT2D eigenvalue weighted by atomic mass is 10.0. The van der Waals surface area contributed by atoms with Gasteiger partial charge in [-0.25, -0.2) is 13.8 Å². The Balaban J connectivity index is 1.44. The third-order valence-corrected chi connectivity index (χ3v) is 5.55. The van der Waals surface area contributed by atoms with Crippen LogP contribution in [0.4, 0.5) is 27.6 Å².